The van der Waals surface area contributed by atoms with Crippen LogP contribution in [0.4, 0.5) is 0 Å². The van der Waals surface area contributed by atoms with E-state index in [4.69, 9.17) is 16.3 Å². The molecule has 0 saturated carbocycles. The zero-order chi connectivity index (χ0) is 12.0. The Morgan fingerprint density at radius 1 is 1.38 bits per heavy atom. The number of hydrogen-bond acceptors (Lipinski definition) is 2. The second-order valence-electron chi connectivity index (χ2n) is 3.80. The number of carbonyl (C=O) groups is 1. The highest BCUT2D eigenvalue weighted by molar-refractivity contribution is 6.32. The Labute approximate surface area is 102 Å². The first kappa shape index (κ1) is 13.0. The number of halogens is 1. The maximum absolute atomic E-state index is 10.5. The van der Waals surface area contributed by atoms with Gasteiger partial charge in [-0.3, -0.25) is 4.79 Å². The van der Waals surface area contributed by atoms with E-state index in [0.29, 0.717) is 28.9 Å². The maximum Gasteiger partial charge on any atom is 0.150 e. The number of aldehydes is 1. The summed E-state index contributed by atoms with van der Waals surface area (Å²) in [6, 6.07) is 5.08. The minimum absolute atomic E-state index is 0.496. The topological polar surface area (TPSA) is 26.3 Å². The van der Waals surface area contributed by atoms with Gasteiger partial charge in [-0.05, 0) is 24.1 Å². The Hall–Kier alpha value is -1.02. The molecule has 0 aliphatic carbocycles. The molecule has 1 aromatic rings. The van der Waals surface area contributed by atoms with Crippen molar-refractivity contribution in [3.05, 3.63) is 28.8 Å². The van der Waals surface area contributed by atoms with Crippen LogP contribution in [0.25, 0.3) is 0 Å². The van der Waals surface area contributed by atoms with Gasteiger partial charge < -0.3 is 4.74 Å². The van der Waals surface area contributed by atoms with Gasteiger partial charge in [0.05, 0.1) is 11.6 Å². The SMILES string of the molecule is CCC(CC)COc1ccc(C=O)cc1Cl. The fourth-order valence-electron chi connectivity index (χ4n) is 1.44. The molecule has 0 bridgehead atoms. The average Bonchev–Trinajstić information content (AvgIpc) is 2.32. The maximum atomic E-state index is 10.5. The first-order valence-electron chi connectivity index (χ1n) is 5.58. The predicted molar refractivity (Wildman–Crippen MR) is 66.4 cm³/mol. The van der Waals surface area contributed by atoms with Crippen molar-refractivity contribution in [1.82, 2.24) is 0 Å². The van der Waals surface area contributed by atoms with Crippen molar-refractivity contribution in [3.63, 3.8) is 0 Å². The van der Waals surface area contributed by atoms with Gasteiger partial charge in [-0.2, -0.15) is 0 Å². The summed E-state index contributed by atoms with van der Waals surface area (Å²) in [6.45, 7) is 4.97. The Kier molecular flexibility index (Phi) is 5.33. The largest absolute Gasteiger partial charge is 0.492 e. The number of ether oxygens (including phenoxy) is 1. The third-order valence-corrected chi connectivity index (χ3v) is 3.02. The van der Waals surface area contributed by atoms with Gasteiger partial charge in [-0.25, -0.2) is 0 Å². The van der Waals surface area contributed by atoms with Crippen LogP contribution in [0.15, 0.2) is 18.2 Å². The molecule has 0 heterocycles. The summed E-state index contributed by atoms with van der Waals surface area (Å²) in [5, 5.41) is 0.496. The minimum atomic E-state index is 0.496. The highest BCUT2D eigenvalue weighted by atomic mass is 35.5. The lowest BCUT2D eigenvalue weighted by Crippen LogP contribution is -2.10. The van der Waals surface area contributed by atoms with Crippen molar-refractivity contribution in [1.29, 1.82) is 0 Å². The Bertz CT molecular complexity index is 346. The number of rotatable bonds is 6. The molecule has 16 heavy (non-hydrogen) atoms. The van der Waals surface area contributed by atoms with Gasteiger partial charge in [-0.15, -0.1) is 0 Å². The molecule has 0 aliphatic rings. The van der Waals surface area contributed by atoms with Gasteiger partial charge in [0.1, 0.15) is 12.0 Å². The van der Waals surface area contributed by atoms with E-state index in [0.717, 1.165) is 19.1 Å². The number of benzene rings is 1. The van der Waals surface area contributed by atoms with E-state index in [1.54, 1.807) is 18.2 Å². The van der Waals surface area contributed by atoms with E-state index in [-0.39, 0.29) is 0 Å². The first-order chi connectivity index (χ1) is 7.71. The van der Waals surface area contributed by atoms with Gasteiger partial charge in [-0.1, -0.05) is 38.3 Å². The Morgan fingerprint density at radius 2 is 2.06 bits per heavy atom. The molecule has 0 fully saturated rings. The molecule has 1 rings (SSSR count). The lowest BCUT2D eigenvalue weighted by molar-refractivity contribution is 0.112. The summed E-state index contributed by atoms with van der Waals surface area (Å²) in [4.78, 5) is 10.5. The fraction of sp³-hybridized carbons (Fsp3) is 0.462. The van der Waals surface area contributed by atoms with Crippen LogP contribution in [-0.4, -0.2) is 12.9 Å². The summed E-state index contributed by atoms with van der Waals surface area (Å²) in [7, 11) is 0. The number of carbonyl (C=O) groups excluding carboxylic acids is 1. The molecule has 0 spiro atoms. The molecule has 0 N–H and O–H groups in total. The summed E-state index contributed by atoms with van der Waals surface area (Å²) >= 11 is 5.99. The molecule has 0 atom stereocenters. The average molecular weight is 241 g/mol. The van der Waals surface area contributed by atoms with Crippen LogP contribution in [0, 0.1) is 5.92 Å². The third kappa shape index (κ3) is 3.53. The minimum Gasteiger partial charge on any atom is -0.492 e. The molecule has 0 radical (unpaired) electrons. The molecule has 1 aromatic carbocycles. The quantitative estimate of drug-likeness (QED) is 0.704. The highest BCUT2D eigenvalue weighted by Gasteiger charge is 2.07. The van der Waals surface area contributed by atoms with E-state index < -0.39 is 0 Å². The van der Waals surface area contributed by atoms with Gasteiger partial charge in [0.25, 0.3) is 0 Å². The lowest BCUT2D eigenvalue weighted by atomic mass is 10.1. The molecular weight excluding hydrogens is 224 g/mol. The van der Waals surface area contributed by atoms with Crippen LogP contribution in [-0.2, 0) is 0 Å². The van der Waals surface area contributed by atoms with Gasteiger partial charge in [0.2, 0.25) is 0 Å². The predicted octanol–water partition coefficient (Wildman–Crippen LogP) is 3.97. The lowest BCUT2D eigenvalue weighted by Gasteiger charge is -2.14. The van der Waals surface area contributed by atoms with Crippen molar-refractivity contribution in [2.24, 2.45) is 5.92 Å². The normalized spacial score (nSPS) is 10.5. The van der Waals surface area contributed by atoms with E-state index in [1.807, 2.05) is 0 Å². The number of hydrogen-bond donors (Lipinski definition) is 0. The molecule has 0 unspecified atom stereocenters. The first-order valence-corrected chi connectivity index (χ1v) is 5.96. The molecular formula is C13H17ClO2. The summed E-state index contributed by atoms with van der Waals surface area (Å²) < 4.78 is 5.63. The van der Waals surface area contributed by atoms with Crippen molar-refractivity contribution < 1.29 is 9.53 Å². The molecule has 0 aliphatic heterocycles. The molecule has 0 aromatic heterocycles. The molecule has 0 saturated heterocycles. The van der Waals surface area contributed by atoms with Crippen LogP contribution < -0.4 is 4.74 Å². The summed E-state index contributed by atoms with van der Waals surface area (Å²) in [5.41, 5.74) is 0.569. The van der Waals surface area contributed by atoms with Crippen LogP contribution in [0.2, 0.25) is 5.02 Å². The van der Waals surface area contributed by atoms with Crippen LogP contribution in [0.1, 0.15) is 37.0 Å². The Balaban J connectivity index is 2.63. The third-order valence-electron chi connectivity index (χ3n) is 2.72. The van der Waals surface area contributed by atoms with Crippen LogP contribution in [0.5, 0.6) is 5.75 Å². The van der Waals surface area contributed by atoms with E-state index in [1.165, 1.54) is 0 Å². The molecule has 2 nitrogen and oxygen atoms in total. The molecule has 3 heteroatoms. The van der Waals surface area contributed by atoms with Crippen molar-refractivity contribution in [2.75, 3.05) is 6.61 Å². The van der Waals surface area contributed by atoms with Crippen LogP contribution in [0.3, 0.4) is 0 Å². The smallest absolute Gasteiger partial charge is 0.150 e. The van der Waals surface area contributed by atoms with E-state index in [2.05, 4.69) is 13.8 Å². The zero-order valence-electron chi connectivity index (χ0n) is 9.70. The van der Waals surface area contributed by atoms with Crippen LogP contribution >= 0.6 is 11.6 Å². The molecule has 88 valence electrons. The summed E-state index contributed by atoms with van der Waals surface area (Å²) in [6.07, 6.45) is 2.97. The van der Waals surface area contributed by atoms with Crippen molar-refractivity contribution in [3.8, 4) is 5.75 Å². The standard InChI is InChI=1S/C13H17ClO2/c1-3-10(4-2)9-16-13-6-5-11(8-15)7-12(13)14/h5-8,10H,3-4,9H2,1-2H3. The monoisotopic (exact) mass is 240 g/mol. The highest BCUT2D eigenvalue weighted by Crippen LogP contribution is 2.25. The Morgan fingerprint density at radius 3 is 2.56 bits per heavy atom. The van der Waals surface area contributed by atoms with Crippen molar-refractivity contribution in [2.45, 2.75) is 26.7 Å². The second-order valence-corrected chi connectivity index (χ2v) is 4.21. The molecule has 0 amide bonds. The van der Waals surface area contributed by atoms with Gasteiger partial charge in [0, 0.05) is 5.56 Å². The van der Waals surface area contributed by atoms with Gasteiger partial charge >= 0.3 is 0 Å². The van der Waals surface area contributed by atoms with E-state index in [9.17, 15) is 4.79 Å². The van der Waals surface area contributed by atoms with Gasteiger partial charge in [0.15, 0.2) is 0 Å². The second kappa shape index (κ2) is 6.54. The zero-order valence-corrected chi connectivity index (χ0v) is 10.5. The summed E-state index contributed by atoms with van der Waals surface area (Å²) in [5.74, 6) is 1.21. The van der Waals surface area contributed by atoms with E-state index >= 15 is 0 Å². The fourth-order valence-corrected chi connectivity index (χ4v) is 1.68. The van der Waals surface area contributed by atoms with Crippen molar-refractivity contribution >= 4 is 17.9 Å².